The van der Waals surface area contributed by atoms with Gasteiger partial charge in [0.15, 0.2) is 0 Å². The van der Waals surface area contributed by atoms with Gasteiger partial charge in [0.2, 0.25) is 0 Å². The van der Waals surface area contributed by atoms with E-state index in [9.17, 15) is 4.79 Å². The molecular weight excluding hydrogens is 250 g/mol. The summed E-state index contributed by atoms with van der Waals surface area (Å²) in [5.74, 6) is -0.918. The predicted octanol–water partition coefficient (Wildman–Crippen LogP) is 2.24. The second-order valence-electron chi connectivity index (χ2n) is 3.80. The molecule has 3 rings (SSSR count). The Morgan fingerprint density at radius 3 is 3.06 bits per heavy atom. The third-order valence-corrected chi connectivity index (χ3v) is 3.54. The van der Waals surface area contributed by atoms with Crippen molar-refractivity contribution in [3.63, 3.8) is 0 Å². The normalized spacial score (nSPS) is 10.9. The fourth-order valence-corrected chi connectivity index (χ4v) is 2.70. The number of aromatic carboxylic acids is 1. The summed E-state index contributed by atoms with van der Waals surface area (Å²) < 4.78 is 2.67. The number of carboxylic acids is 1. The Labute approximate surface area is 106 Å². The molecule has 1 N–H and O–H groups in total. The number of nitrogens with zero attached hydrogens (tertiary/aromatic N) is 3. The van der Waals surface area contributed by atoms with Gasteiger partial charge >= 0.3 is 5.97 Å². The molecule has 2 aromatic heterocycles. The highest BCUT2D eigenvalue weighted by molar-refractivity contribution is 7.18. The number of thiazole rings is 1. The van der Waals surface area contributed by atoms with E-state index in [1.807, 2.05) is 12.3 Å². The van der Waals surface area contributed by atoms with Crippen LogP contribution in [0.5, 0.6) is 0 Å². The van der Waals surface area contributed by atoms with Gasteiger partial charge in [0.05, 0.1) is 22.3 Å². The summed E-state index contributed by atoms with van der Waals surface area (Å²) in [4.78, 5) is 15.3. The second kappa shape index (κ2) is 4.23. The van der Waals surface area contributed by atoms with Crippen molar-refractivity contribution in [2.24, 2.45) is 0 Å². The third kappa shape index (κ3) is 1.98. The van der Waals surface area contributed by atoms with Gasteiger partial charge < -0.3 is 5.11 Å². The van der Waals surface area contributed by atoms with Crippen molar-refractivity contribution in [3.8, 4) is 0 Å². The van der Waals surface area contributed by atoms with Crippen LogP contribution < -0.4 is 0 Å². The maximum Gasteiger partial charge on any atom is 0.335 e. The van der Waals surface area contributed by atoms with E-state index in [0.717, 1.165) is 15.2 Å². The summed E-state index contributed by atoms with van der Waals surface area (Å²) in [6.45, 7) is 0.606. The van der Waals surface area contributed by atoms with Crippen molar-refractivity contribution in [1.82, 2.24) is 14.8 Å². The quantitative estimate of drug-likeness (QED) is 0.783. The molecule has 0 fully saturated rings. The molecule has 0 aliphatic rings. The average Bonchev–Trinajstić information content (AvgIpc) is 2.96. The lowest BCUT2D eigenvalue weighted by Gasteiger charge is -1.94. The summed E-state index contributed by atoms with van der Waals surface area (Å²) in [6.07, 6.45) is 3.59. The van der Waals surface area contributed by atoms with E-state index < -0.39 is 5.97 Å². The number of hydrogen-bond acceptors (Lipinski definition) is 4. The molecule has 90 valence electrons. The van der Waals surface area contributed by atoms with Crippen LogP contribution in [0.2, 0.25) is 0 Å². The largest absolute Gasteiger partial charge is 0.478 e. The highest BCUT2D eigenvalue weighted by Crippen LogP contribution is 2.23. The van der Waals surface area contributed by atoms with Gasteiger partial charge in [-0.25, -0.2) is 9.78 Å². The molecule has 0 unspecified atom stereocenters. The fraction of sp³-hybridized carbons (Fsp3) is 0.0833. The standard InChI is InChI=1S/C12H9N3O2S/c16-12(17)8-2-3-9-10(6-8)18-11(14-9)7-15-5-1-4-13-15/h1-6H,7H2,(H,16,17). The maximum atomic E-state index is 10.9. The number of carboxylic acid groups (broad SMARTS) is 1. The molecule has 0 bridgehead atoms. The summed E-state index contributed by atoms with van der Waals surface area (Å²) in [5, 5.41) is 14.0. The van der Waals surface area contributed by atoms with Crippen LogP contribution in [0.4, 0.5) is 0 Å². The lowest BCUT2D eigenvalue weighted by Crippen LogP contribution is -1.98. The van der Waals surface area contributed by atoms with Crippen molar-refractivity contribution in [2.75, 3.05) is 0 Å². The molecule has 2 heterocycles. The van der Waals surface area contributed by atoms with E-state index in [1.54, 1.807) is 29.1 Å². The summed E-state index contributed by atoms with van der Waals surface area (Å²) in [6, 6.07) is 6.82. The van der Waals surface area contributed by atoms with Gasteiger partial charge in [0, 0.05) is 12.4 Å². The van der Waals surface area contributed by atoms with E-state index in [0.29, 0.717) is 6.54 Å². The van der Waals surface area contributed by atoms with Gasteiger partial charge in [-0.1, -0.05) is 0 Å². The molecule has 5 nitrogen and oxygen atoms in total. The van der Waals surface area contributed by atoms with Crippen LogP contribution in [0.15, 0.2) is 36.7 Å². The monoisotopic (exact) mass is 259 g/mol. The molecule has 0 amide bonds. The van der Waals surface area contributed by atoms with Crippen molar-refractivity contribution >= 4 is 27.5 Å². The van der Waals surface area contributed by atoms with Crippen LogP contribution >= 0.6 is 11.3 Å². The number of rotatable bonds is 3. The number of aromatic nitrogens is 3. The average molecular weight is 259 g/mol. The number of benzene rings is 1. The topological polar surface area (TPSA) is 68.0 Å². The zero-order chi connectivity index (χ0) is 12.5. The Morgan fingerprint density at radius 2 is 2.33 bits per heavy atom. The number of hydrogen-bond donors (Lipinski definition) is 1. The van der Waals surface area contributed by atoms with Crippen LogP contribution in [-0.2, 0) is 6.54 Å². The van der Waals surface area contributed by atoms with Crippen molar-refractivity contribution in [1.29, 1.82) is 0 Å². The molecule has 0 atom stereocenters. The number of fused-ring (bicyclic) bond motifs is 1. The van der Waals surface area contributed by atoms with E-state index in [2.05, 4.69) is 10.1 Å². The Balaban J connectivity index is 1.98. The van der Waals surface area contributed by atoms with Gasteiger partial charge in [-0.15, -0.1) is 11.3 Å². The minimum absolute atomic E-state index is 0.289. The molecule has 0 aliphatic heterocycles. The lowest BCUT2D eigenvalue weighted by atomic mass is 10.2. The first-order chi connectivity index (χ1) is 8.72. The van der Waals surface area contributed by atoms with Gasteiger partial charge in [-0.3, -0.25) is 4.68 Å². The maximum absolute atomic E-state index is 10.9. The zero-order valence-electron chi connectivity index (χ0n) is 9.28. The first kappa shape index (κ1) is 10.9. The molecule has 0 saturated carbocycles. The zero-order valence-corrected chi connectivity index (χ0v) is 10.1. The molecular formula is C12H9N3O2S. The smallest absolute Gasteiger partial charge is 0.335 e. The van der Waals surface area contributed by atoms with E-state index in [4.69, 9.17) is 5.11 Å². The molecule has 6 heteroatoms. The van der Waals surface area contributed by atoms with Crippen LogP contribution in [0.25, 0.3) is 10.2 Å². The molecule has 18 heavy (non-hydrogen) atoms. The Hall–Kier alpha value is -2.21. The Bertz CT molecular complexity index is 703. The van der Waals surface area contributed by atoms with Crippen LogP contribution in [-0.4, -0.2) is 25.8 Å². The summed E-state index contributed by atoms with van der Waals surface area (Å²) in [5.41, 5.74) is 1.11. The van der Waals surface area contributed by atoms with Crippen molar-refractivity contribution in [3.05, 3.63) is 47.2 Å². The van der Waals surface area contributed by atoms with Gasteiger partial charge in [-0.2, -0.15) is 5.10 Å². The highest BCUT2D eigenvalue weighted by Gasteiger charge is 2.08. The minimum atomic E-state index is -0.918. The first-order valence-electron chi connectivity index (χ1n) is 5.32. The molecule has 0 radical (unpaired) electrons. The van der Waals surface area contributed by atoms with Crippen molar-refractivity contribution in [2.45, 2.75) is 6.54 Å². The molecule has 0 spiro atoms. The second-order valence-corrected chi connectivity index (χ2v) is 4.91. The minimum Gasteiger partial charge on any atom is -0.478 e. The predicted molar refractivity (Wildman–Crippen MR) is 67.9 cm³/mol. The van der Waals surface area contributed by atoms with E-state index >= 15 is 0 Å². The Kier molecular flexibility index (Phi) is 2.56. The molecule has 0 aliphatic carbocycles. The van der Waals surface area contributed by atoms with Gasteiger partial charge in [0.25, 0.3) is 0 Å². The van der Waals surface area contributed by atoms with Crippen LogP contribution in [0.3, 0.4) is 0 Å². The van der Waals surface area contributed by atoms with Crippen LogP contribution in [0, 0.1) is 0 Å². The lowest BCUT2D eigenvalue weighted by molar-refractivity contribution is 0.0697. The van der Waals surface area contributed by atoms with E-state index in [1.165, 1.54) is 11.3 Å². The SMILES string of the molecule is O=C(O)c1ccc2nc(Cn3cccn3)sc2c1. The van der Waals surface area contributed by atoms with Gasteiger partial charge in [0.1, 0.15) is 5.01 Å². The van der Waals surface area contributed by atoms with Gasteiger partial charge in [-0.05, 0) is 24.3 Å². The van der Waals surface area contributed by atoms with Crippen molar-refractivity contribution < 1.29 is 9.90 Å². The molecule has 1 aromatic carbocycles. The van der Waals surface area contributed by atoms with E-state index in [-0.39, 0.29) is 5.56 Å². The number of carbonyl (C=O) groups is 1. The fourth-order valence-electron chi connectivity index (χ4n) is 1.71. The highest BCUT2D eigenvalue weighted by atomic mass is 32.1. The third-order valence-electron chi connectivity index (χ3n) is 2.54. The van der Waals surface area contributed by atoms with Crippen LogP contribution in [0.1, 0.15) is 15.4 Å². The molecule has 0 saturated heterocycles. The Morgan fingerprint density at radius 1 is 1.44 bits per heavy atom. The first-order valence-corrected chi connectivity index (χ1v) is 6.14. The summed E-state index contributed by atoms with van der Waals surface area (Å²) >= 11 is 1.49. The molecule has 3 aromatic rings. The summed E-state index contributed by atoms with van der Waals surface area (Å²) in [7, 11) is 0.